The Labute approximate surface area is 115 Å². The van der Waals surface area contributed by atoms with E-state index in [-0.39, 0.29) is 18.6 Å². The largest absolute Gasteiger partial charge is 0.394 e. The number of amides is 1. The van der Waals surface area contributed by atoms with Crippen LogP contribution in [0, 0.1) is 0 Å². The summed E-state index contributed by atoms with van der Waals surface area (Å²) in [6, 6.07) is 0. The van der Waals surface area contributed by atoms with E-state index in [9.17, 15) is 4.79 Å². The Bertz CT molecular complexity index is 426. The molecule has 19 heavy (non-hydrogen) atoms. The first kappa shape index (κ1) is 14.2. The van der Waals surface area contributed by atoms with Crippen molar-refractivity contribution in [3.8, 4) is 0 Å². The maximum atomic E-state index is 12.2. The van der Waals surface area contributed by atoms with Crippen LogP contribution in [-0.4, -0.2) is 65.1 Å². The fourth-order valence-corrected chi connectivity index (χ4v) is 2.50. The second kappa shape index (κ2) is 6.78. The van der Waals surface area contributed by atoms with Gasteiger partial charge in [-0.05, 0) is 6.42 Å². The standard InChI is InChI=1S/C11H18N4O3S/c1-2-3-12-11-14-13-9(19-11)10(17)15-4-5-18-8(6-15)7-16/h8,16H,2-7H2,1H3,(H,12,14). The van der Waals surface area contributed by atoms with E-state index >= 15 is 0 Å². The second-order valence-corrected chi connectivity index (χ2v) is 5.24. The maximum absolute atomic E-state index is 12.2. The topological polar surface area (TPSA) is 87.6 Å². The second-order valence-electron chi connectivity index (χ2n) is 4.27. The Hall–Kier alpha value is -1.25. The zero-order valence-corrected chi connectivity index (χ0v) is 11.7. The predicted octanol–water partition coefficient (Wildman–Crippen LogP) is 0.193. The Balaban J connectivity index is 1.96. The number of aromatic nitrogens is 2. The summed E-state index contributed by atoms with van der Waals surface area (Å²) in [5, 5.41) is 21.0. The molecule has 0 aliphatic carbocycles. The molecule has 8 heteroatoms. The third kappa shape index (κ3) is 3.62. The minimum atomic E-state index is -0.302. The van der Waals surface area contributed by atoms with Gasteiger partial charge in [0.2, 0.25) is 10.1 Å². The van der Waals surface area contributed by atoms with Crippen LogP contribution < -0.4 is 5.32 Å². The zero-order valence-electron chi connectivity index (χ0n) is 10.8. The van der Waals surface area contributed by atoms with Gasteiger partial charge >= 0.3 is 0 Å². The SMILES string of the molecule is CCCNc1nnc(C(=O)N2CCOC(CO)C2)s1. The fraction of sp³-hybridized carbons (Fsp3) is 0.727. The molecule has 0 radical (unpaired) electrons. The molecule has 0 spiro atoms. The van der Waals surface area contributed by atoms with Crippen LogP contribution >= 0.6 is 11.3 Å². The van der Waals surface area contributed by atoms with Crippen molar-refractivity contribution in [2.45, 2.75) is 19.4 Å². The quantitative estimate of drug-likeness (QED) is 0.803. The van der Waals surface area contributed by atoms with Gasteiger partial charge in [-0.1, -0.05) is 18.3 Å². The molecule has 7 nitrogen and oxygen atoms in total. The summed E-state index contributed by atoms with van der Waals surface area (Å²) in [6.45, 7) is 4.15. The Kier molecular flexibility index (Phi) is 5.06. The number of ether oxygens (including phenoxy) is 1. The Morgan fingerprint density at radius 2 is 2.47 bits per heavy atom. The number of carbonyl (C=O) groups is 1. The smallest absolute Gasteiger partial charge is 0.285 e. The molecule has 0 aromatic carbocycles. The predicted molar refractivity (Wildman–Crippen MR) is 71.4 cm³/mol. The van der Waals surface area contributed by atoms with E-state index < -0.39 is 0 Å². The molecule has 106 valence electrons. The van der Waals surface area contributed by atoms with Gasteiger partial charge in [0.05, 0.1) is 19.3 Å². The van der Waals surface area contributed by atoms with Gasteiger partial charge in [-0.2, -0.15) is 0 Å². The third-order valence-corrected chi connectivity index (χ3v) is 3.63. The van der Waals surface area contributed by atoms with Gasteiger partial charge in [0.15, 0.2) is 0 Å². The molecule has 1 aliphatic rings. The molecule has 1 aromatic rings. The van der Waals surface area contributed by atoms with E-state index in [1.54, 1.807) is 4.90 Å². The van der Waals surface area contributed by atoms with Crippen LogP contribution in [0.25, 0.3) is 0 Å². The summed E-state index contributed by atoms with van der Waals surface area (Å²) in [5.41, 5.74) is 0. The average Bonchev–Trinajstić information content (AvgIpc) is 2.93. The van der Waals surface area contributed by atoms with E-state index in [1.165, 1.54) is 11.3 Å². The zero-order chi connectivity index (χ0) is 13.7. The summed E-state index contributed by atoms with van der Waals surface area (Å²) < 4.78 is 5.31. The van der Waals surface area contributed by atoms with Crippen LogP contribution in [0.2, 0.25) is 0 Å². The van der Waals surface area contributed by atoms with Crippen molar-refractivity contribution in [1.29, 1.82) is 0 Å². The van der Waals surface area contributed by atoms with Gasteiger partial charge in [0.25, 0.3) is 5.91 Å². The van der Waals surface area contributed by atoms with E-state index in [4.69, 9.17) is 9.84 Å². The van der Waals surface area contributed by atoms with Gasteiger partial charge in [-0.15, -0.1) is 10.2 Å². The summed E-state index contributed by atoms with van der Waals surface area (Å²) in [7, 11) is 0. The summed E-state index contributed by atoms with van der Waals surface area (Å²) >= 11 is 1.26. The third-order valence-electron chi connectivity index (χ3n) is 2.76. The molecule has 0 saturated carbocycles. The van der Waals surface area contributed by atoms with Crippen LogP contribution in [0.3, 0.4) is 0 Å². The molecule has 0 bridgehead atoms. The highest BCUT2D eigenvalue weighted by molar-refractivity contribution is 7.17. The van der Waals surface area contributed by atoms with Gasteiger partial charge in [-0.25, -0.2) is 0 Å². The van der Waals surface area contributed by atoms with Crippen LogP contribution in [0.5, 0.6) is 0 Å². The minimum Gasteiger partial charge on any atom is -0.394 e. The minimum absolute atomic E-state index is 0.0802. The van der Waals surface area contributed by atoms with Crippen molar-refractivity contribution in [2.75, 3.05) is 38.2 Å². The molecule has 1 saturated heterocycles. The van der Waals surface area contributed by atoms with Crippen molar-refractivity contribution < 1.29 is 14.6 Å². The number of morpholine rings is 1. The number of nitrogens with zero attached hydrogens (tertiary/aromatic N) is 3. The van der Waals surface area contributed by atoms with Crippen LogP contribution in [-0.2, 0) is 4.74 Å². The molecule has 1 aliphatic heterocycles. The fourth-order valence-electron chi connectivity index (χ4n) is 1.76. The lowest BCUT2D eigenvalue weighted by Gasteiger charge is -2.31. The molecule has 1 unspecified atom stereocenters. The van der Waals surface area contributed by atoms with Gasteiger partial charge in [0, 0.05) is 19.6 Å². The van der Waals surface area contributed by atoms with E-state index in [2.05, 4.69) is 22.4 Å². The number of hydrogen-bond donors (Lipinski definition) is 2. The van der Waals surface area contributed by atoms with Crippen molar-refractivity contribution in [3.05, 3.63) is 5.01 Å². The number of aliphatic hydroxyl groups is 1. The van der Waals surface area contributed by atoms with Gasteiger partial charge < -0.3 is 20.1 Å². The highest BCUT2D eigenvalue weighted by atomic mass is 32.1. The van der Waals surface area contributed by atoms with Crippen molar-refractivity contribution in [1.82, 2.24) is 15.1 Å². The molecule has 2 heterocycles. The van der Waals surface area contributed by atoms with E-state index in [0.717, 1.165) is 13.0 Å². The summed E-state index contributed by atoms with van der Waals surface area (Å²) in [6.07, 6.45) is 0.688. The Morgan fingerprint density at radius 1 is 1.63 bits per heavy atom. The van der Waals surface area contributed by atoms with Crippen molar-refractivity contribution in [3.63, 3.8) is 0 Å². The molecular weight excluding hydrogens is 268 g/mol. The number of carbonyl (C=O) groups excluding carboxylic acids is 1. The monoisotopic (exact) mass is 286 g/mol. The highest BCUT2D eigenvalue weighted by Crippen LogP contribution is 2.18. The maximum Gasteiger partial charge on any atom is 0.285 e. The number of rotatable bonds is 5. The lowest BCUT2D eigenvalue weighted by atomic mass is 10.3. The van der Waals surface area contributed by atoms with Gasteiger partial charge in [0.1, 0.15) is 0 Å². The van der Waals surface area contributed by atoms with Gasteiger partial charge in [-0.3, -0.25) is 4.79 Å². The first-order chi connectivity index (χ1) is 9.24. The molecular formula is C11H18N4O3S. The van der Waals surface area contributed by atoms with Crippen LogP contribution in [0.1, 0.15) is 23.1 Å². The number of nitrogens with one attached hydrogen (secondary N) is 1. The Morgan fingerprint density at radius 3 is 3.21 bits per heavy atom. The normalized spacial score (nSPS) is 19.5. The number of anilines is 1. The first-order valence-corrected chi connectivity index (χ1v) is 7.15. The molecule has 2 rings (SSSR count). The molecule has 1 fully saturated rings. The molecule has 1 aromatic heterocycles. The van der Waals surface area contributed by atoms with Crippen LogP contribution in [0.4, 0.5) is 5.13 Å². The molecule has 1 amide bonds. The lowest BCUT2D eigenvalue weighted by molar-refractivity contribution is -0.0447. The summed E-state index contributed by atoms with van der Waals surface area (Å²) in [5.74, 6) is -0.149. The first-order valence-electron chi connectivity index (χ1n) is 6.33. The lowest BCUT2D eigenvalue weighted by Crippen LogP contribution is -2.46. The van der Waals surface area contributed by atoms with Crippen molar-refractivity contribution in [2.24, 2.45) is 0 Å². The summed E-state index contributed by atoms with van der Waals surface area (Å²) in [4.78, 5) is 13.9. The average molecular weight is 286 g/mol. The number of hydrogen-bond acceptors (Lipinski definition) is 7. The van der Waals surface area contributed by atoms with E-state index in [1.807, 2.05) is 0 Å². The van der Waals surface area contributed by atoms with Crippen LogP contribution in [0.15, 0.2) is 0 Å². The van der Waals surface area contributed by atoms with Crippen molar-refractivity contribution >= 4 is 22.4 Å². The molecule has 2 N–H and O–H groups in total. The molecule has 1 atom stereocenters. The highest BCUT2D eigenvalue weighted by Gasteiger charge is 2.26. The van der Waals surface area contributed by atoms with E-state index in [0.29, 0.717) is 29.8 Å². The number of aliphatic hydroxyl groups excluding tert-OH is 1.